The zero-order valence-corrected chi connectivity index (χ0v) is 15.7. The van der Waals surface area contributed by atoms with E-state index in [-0.39, 0.29) is 11.7 Å². The molecule has 1 aliphatic rings. The molecule has 8 heteroatoms. The second kappa shape index (κ2) is 6.38. The van der Waals surface area contributed by atoms with Gasteiger partial charge in [-0.05, 0) is 48.4 Å². The topological polar surface area (TPSA) is 85.1 Å². The van der Waals surface area contributed by atoms with Gasteiger partial charge in [-0.3, -0.25) is 9.78 Å². The largest absolute Gasteiger partial charge is 0.345 e. The number of hydrogen-bond donors (Lipinski definition) is 1. The Morgan fingerprint density at radius 2 is 2.22 bits per heavy atom. The lowest BCUT2D eigenvalue weighted by Gasteiger charge is -2.18. The van der Waals surface area contributed by atoms with Gasteiger partial charge >= 0.3 is 0 Å². The molecule has 1 atom stereocenters. The van der Waals surface area contributed by atoms with Crippen LogP contribution in [0.2, 0.25) is 0 Å². The molecule has 4 aromatic heterocycles. The molecule has 1 N–H and O–H groups in total. The molecule has 0 spiro atoms. The van der Waals surface area contributed by atoms with Crippen molar-refractivity contribution in [3.05, 3.63) is 52.7 Å². The summed E-state index contributed by atoms with van der Waals surface area (Å²) in [5.41, 5.74) is 3.04. The van der Waals surface area contributed by atoms with Gasteiger partial charge in [0.05, 0.1) is 5.39 Å². The van der Waals surface area contributed by atoms with Gasteiger partial charge in [0.2, 0.25) is 5.82 Å². The number of carbonyl (C=O) groups excluding carboxylic acids is 1. The number of pyridine rings is 1. The predicted octanol–water partition coefficient (Wildman–Crippen LogP) is 3.10. The lowest BCUT2D eigenvalue weighted by atomic mass is 9.87. The molecule has 0 fully saturated rings. The highest BCUT2D eigenvalue weighted by Gasteiger charge is 2.25. The third kappa shape index (κ3) is 2.76. The first kappa shape index (κ1) is 16.3. The fourth-order valence-corrected chi connectivity index (χ4v) is 5.04. The second-order valence-corrected chi connectivity index (χ2v) is 7.98. The maximum absolute atomic E-state index is 12.5. The van der Waals surface area contributed by atoms with E-state index < -0.39 is 0 Å². The quantitative estimate of drug-likeness (QED) is 0.592. The maximum atomic E-state index is 12.5. The number of thiophene rings is 1. The second-order valence-electron chi connectivity index (χ2n) is 6.90. The van der Waals surface area contributed by atoms with E-state index in [0.29, 0.717) is 12.5 Å². The van der Waals surface area contributed by atoms with Crippen molar-refractivity contribution in [2.75, 3.05) is 0 Å². The van der Waals surface area contributed by atoms with Crippen molar-refractivity contribution in [2.24, 2.45) is 0 Å². The number of fused-ring (bicyclic) bond motifs is 5. The average Bonchev–Trinajstić information content (AvgIpc) is 3.28. The van der Waals surface area contributed by atoms with Crippen molar-refractivity contribution in [1.29, 1.82) is 0 Å². The molecule has 27 heavy (non-hydrogen) atoms. The number of hydrogen-bond acceptors (Lipinski definition) is 6. The van der Waals surface area contributed by atoms with Crippen LogP contribution in [0.5, 0.6) is 0 Å². The third-order valence-electron chi connectivity index (χ3n) is 5.08. The van der Waals surface area contributed by atoms with Crippen LogP contribution in [0.1, 0.15) is 52.3 Å². The van der Waals surface area contributed by atoms with Gasteiger partial charge in [-0.2, -0.15) is 0 Å². The Bertz CT molecular complexity index is 1150. The highest BCUT2D eigenvalue weighted by molar-refractivity contribution is 7.19. The van der Waals surface area contributed by atoms with Crippen molar-refractivity contribution in [2.45, 2.75) is 38.6 Å². The Morgan fingerprint density at radius 3 is 3.07 bits per heavy atom. The molecule has 0 radical (unpaired) electrons. The summed E-state index contributed by atoms with van der Waals surface area (Å²) in [6.45, 7) is 2.67. The summed E-state index contributed by atoms with van der Waals surface area (Å²) in [4.78, 5) is 28.0. The van der Waals surface area contributed by atoms with E-state index in [1.165, 1.54) is 23.3 Å². The highest BCUT2D eigenvalue weighted by Crippen LogP contribution is 2.42. The molecule has 1 amide bonds. The van der Waals surface area contributed by atoms with Gasteiger partial charge in [-0.1, -0.05) is 6.92 Å². The molecular formula is C19H18N6OS. The molecule has 5 rings (SSSR count). The Labute approximate surface area is 159 Å². The van der Waals surface area contributed by atoms with Crippen molar-refractivity contribution < 1.29 is 4.79 Å². The van der Waals surface area contributed by atoms with Crippen LogP contribution < -0.4 is 5.32 Å². The smallest absolute Gasteiger partial charge is 0.291 e. The maximum Gasteiger partial charge on any atom is 0.291 e. The number of amides is 1. The molecule has 0 saturated carbocycles. The van der Waals surface area contributed by atoms with Crippen LogP contribution in [0.15, 0.2) is 30.9 Å². The lowest BCUT2D eigenvalue weighted by Crippen LogP contribution is -2.24. The number of nitrogens with one attached hydrogen (secondary N) is 1. The zero-order chi connectivity index (χ0) is 18.4. The standard InChI is InChI=1S/C19H18N6OS/c1-11-3-2-4-13-14(11)15-17-23-16(24-25(17)10-22-19(15)27-13)18(26)21-9-12-5-7-20-8-6-12/h5-8,10-11H,2-4,9H2,1H3,(H,21,26). The molecule has 136 valence electrons. The number of carbonyl (C=O) groups is 1. The van der Waals surface area contributed by atoms with Gasteiger partial charge in [0.15, 0.2) is 5.65 Å². The molecular weight excluding hydrogens is 360 g/mol. The van der Waals surface area contributed by atoms with Crippen molar-refractivity contribution >= 4 is 33.1 Å². The third-order valence-corrected chi connectivity index (χ3v) is 6.26. The molecule has 0 saturated heterocycles. The summed E-state index contributed by atoms with van der Waals surface area (Å²) in [5.74, 6) is 0.360. The fraction of sp³-hybridized carbons (Fsp3) is 0.316. The van der Waals surface area contributed by atoms with E-state index in [2.05, 4.69) is 32.3 Å². The minimum Gasteiger partial charge on any atom is -0.345 e. The molecule has 4 heterocycles. The molecule has 0 aromatic carbocycles. The average molecular weight is 378 g/mol. The SMILES string of the molecule is CC1CCCc2sc3ncn4nc(C(=O)NCc5ccncc5)nc4c3c21. The van der Waals surface area contributed by atoms with E-state index in [9.17, 15) is 4.79 Å². The summed E-state index contributed by atoms with van der Waals surface area (Å²) in [5, 5.41) is 8.28. The van der Waals surface area contributed by atoms with Crippen LogP contribution in [0, 0.1) is 0 Å². The van der Waals surface area contributed by atoms with Gasteiger partial charge in [0.25, 0.3) is 5.91 Å². The minimum atomic E-state index is -0.291. The zero-order valence-electron chi connectivity index (χ0n) is 14.8. The van der Waals surface area contributed by atoms with Gasteiger partial charge < -0.3 is 5.32 Å². The Kier molecular flexibility index (Phi) is 3.86. The summed E-state index contributed by atoms with van der Waals surface area (Å²) in [7, 11) is 0. The summed E-state index contributed by atoms with van der Waals surface area (Å²) < 4.78 is 1.62. The monoisotopic (exact) mass is 378 g/mol. The van der Waals surface area contributed by atoms with Gasteiger partial charge in [-0.15, -0.1) is 16.4 Å². The molecule has 7 nitrogen and oxygen atoms in total. The van der Waals surface area contributed by atoms with Crippen LogP contribution in [0.25, 0.3) is 15.9 Å². The molecule has 1 unspecified atom stereocenters. The van der Waals surface area contributed by atoms with Crippen LogP contribution >= 0.6 is 11.3 Å². The Hall–Kier alpha value is -2.87. The van der Waals surface area contributed by atoms with Crippen LogP contribution in [0.4, 0.5) is 0 Å². The predicted molar refractivity (Wildman–Crippen MR) is 103 cm³/mol. The molecule has 1 aliphatic carbocycles. The minimum absolute atomic E-state index is 0.168. The van der Waals surface area contributed by atoms with Crippen molar-refractivity contribution in [3.8, 4) is 0 Å². The van der Waals surface area contributed by atoms with E-state index >= 15 is 0 Å². The first-order chi connectivity index (χ1) is 13.2. The van der Waals surface area contributed by atoms with Crippen LogP contribution in [0.3, 0.4) is 0 Å². The fourth-order valence-electron chi connectivity index (χ4n) is 3.74. The highest BCUT2D eigenvalue weighted by atomic mass is 32.1. The normalized spacial score (nSPS) is 16.6. The number of rotatable bonds is 3. The summed E-state index contributed by atoms with van der Waals surface area (Å²) in [6.07, 6.45) is 8.54. The first-order valence-corrected chi connectivity index (χ1v) is 9.86. The Morgan fingerprint density at radius 1 is 1.37 bits per heavy atom. The Balaban J connectivity index is 1.52. The first-order valence-electron chi connectivity index (χ1n) is 9.04. The molecule has 0 bridgehead atoms. The van der Waals surface area contributed by atoms with Gasteiger partial charge in [0, 0.05) is 23.8 Å². The van der Waals surface area contributed by atoms with E-state index in [1.807, 2.05) is 12.1 Å². The summed E-state index contributed by atoms with van der Waals surface area (Å²) in [6, 6.07) is 3.73. The van der Waals surface area contributed by atoms with Gasteiger partial charge in [0.1, 0.15) is 11.2 Å². The molecule has 0 aliphatic heterocycles. The lowest BCUT2D eigenvalue weighted by molar-refractivity contribution is 0.0940. The van der Waals surface area contributed by atoms with E-state index in [4.69, 9.17) is 0 Å². The van der Waals surface area contributed by atoms with Crippen molar-refractivity contribution in [3.63, 3.8) is 0 Å². The van der Waals surface area contributed by atoms with E-state index in [1.54, 1.807) is 34.6 Å². The summed E-state index contributed by atoms with van der Waals surface area (Å²) >= 11 is 1.74. The molecule has 4 aromatic rings. The number of nitrogens with zero attached hydrogens (tertiary/aromatic N) is 5. The van der Waals surface area contributed by atoms with E-state index in [0.717, 1.165) is 27.8 Å². The van der Waals surface area contributed by atoms with Crippen molar-refractivity contribution in [1.82, 2.24) is 29.9 Å². The number of aromatic nitrogens is 5. The van der Waals surface area contributed by atoms with Crippen LogP contribution in [-0.2, 0) is 13.0 Å². The number of aryl methyl sites for hydroxylation is 1. The van der Waals surface area contributed by atoms with Crippen LogP contribution in [-0.4, -0.2) is 30.5 Å². The van der Waals surface area contributed by atoms with Gasteiger partial charge in [-0.25, -0.2) is 14.5 Å².